The average Bonchev–Trinajstić information content (AvgIpc) is 2.78. The van der Waals surface area contributed by atoms with Gasteiger partial charge in [0.1, 0.15) is 11.6 Å². The fourth-order valence-corrected chi connectivity index (χ4v) is 3.99. The van der Waals surface area contributed by atoms with Gasteiger partial charge in [0.2, 0.25) is 5.95 Å². The SMILES string of the molecule is CC[C@H]1CN(c2cc(-c3cnc(N)cc3C(F)(F)F)nc(N3CCOCC3)n2)C[C@@H](C)O1. The van der Waals surface area contributed by atoms with Gasteiger partial charge in [0.25, 0.3) is 0 Å². The van der Waals surface area contributed by atoms with Crippen LogP contribution in [0.5, 0.6) is 0 Å². The molecule has 8 nitrogen and oxygen atoms in total. The summed E-state index contributed by atoms with van der Waals surface area (Å²) in [7, 11) is 0. The molecule has 2 aromatic rings. The van der Waals surface area contributed by atoms with Gasteiger partial charge in [-0.05, 0) is 19.4 Å². The van der Waals surface area contributed by atoms with E-state index in [0.717, 1.165) is 18.7 Å². The van der Waals surface area contributed by atoms with E-state index in [-0.39, 0.29) is 29.3 Å². The minimum Gasteiger partial charge on any atom is -0.384 e. The molecule has 32 heavy (non-hydrogen) atoms. The number of nitrogens with zero attached hydrogens (tertiary/aromatic N) is 5. The molecule has 0 spiro atoms. The summed E-state index contributed by atoms with van der Waals surface area (Å²) in [5.74, 6) is 0.740. The fourth-order valence-electron chi connectivity index (χ4n) is 3.99. The van der Waals surface area contributed by atoms with E-state index in [2.05, 4.69) is 14.9 Å². The van der Waals surface area contributed by atoms with Crippen molar-refractivity contribution in [2.45, 2.75) is 38.7 Å². The maximum absolute atomic E-state index is 13.8. The summed E-state index contributed by atoms with van der Waals surface area (Å²) in [6.45, 7) is 7.34. The van der Waals surface area contributed by atoms with Gasteiger partial charge in [-0.1, -0.05) is 6.92 Å². The third-order valence-electron chi connectivity index (χ3n) is 5.61. The van der Waals surface area contributed by atoms with E-state index in [4.69, 9.17) is 20.2 Å². The summed E-state index contributed by atoms with van der Waals surface area (Å²) in [6, 6.07) is 2.44. The molecule has 2 aliphatic heterocycles. The van der Waals surface area contributed by atoms with Crippen LogP contribution in [0.25, 0.3) is 11.3 Å². The Balaban J connectivity index is 1.82. The number of aromatic nitrogens is 3. The van der Waals surface area contributed by atoms with Gasteiger partial charge in [0.15, 0.2) is 0 Å². The molecule has 2 fully saturated rings. The first kappa shape index (κ1) is 22.5. The zero-order chi connectivity index (χ0) is 22.9. The second-order valence-electron chi connectivity index (χ2n) is 8.05. The van der Waals surface area contributed by atoms with Crippen LogP contribution in [0.4, 0.5) is 30.8 Å². The van der Waals surface area contributed by atoms with Gasteiger partial charge in [-0.2, -0.15) is 18.2 Å². The zero-order valence-electron chi connectivity index (χ0n) is 18.1. The van der Waals surface area contributed by atoms with E-state index < -0.39 is 11.7 Å². The Morgan fingerprint density at radius 3 is 2.56 bits per heavy atom. The number of rotatable bonds is 4. The number of alkyl halides is 3. The van der Waals surface area contributed by atoms with Crippen molar-refractivity contribution in [2.24, 2.45) is 0 Å². The molecule has 2 atom stereocenters. The van der Waals surface area contributed by atoms with Gasteiger partial charge in [0.05, 0.1) is 36.7 Å². The molecule has 11 heteroatoms. The monoisotopic (exact) mass is 452 g/mol. The number of pyridine rings is 1. The quantitative estimate of drug-likeness (QED) is 0.758. The Morgan fingerprint density at radius 2 is 1.88 bits per heavy atom. The van der Waals surface area contributed by atoms with Gasteiger partial charge in [-0.3, -0.25) is 0 Å². The Labute approximate surface area is 184 Å². The smallest absolute Gasteiger partial charge is 0.384 e. The molecule has 0 aromatic carbocycles. The van der Waals surface area contributed by atoms with E-state index in [9.17, 15) is 13.2 Å². The molecule has 0 bridgehead atoms. The van der Waals surface area contributed by atoms with Crippen LogP contribution in [0.15, 0.2) is 18.3 Å². The van der Waals surface area contributed by atoms with Gasteiger partial charge in [-0.25, -0.2) is 9.97 Å². The third-order valence-corrected chi connectivity index (χ3v) is 5.61. The summed E-state index contributed by atoms with van der Waals surface area (Å²) in [5, 5.41) is 0. The first-order valence-corrected chi connectivity index (χ1v) is 10.7. The molecule has 2 N–H and O–H groups in total. The number of nitrogen functional groups attached to an aromatic ring is 1. The van der Waals surface area contributed by atoms with Crippen LogP contribution in [-0.2, 0) is 15.7 Å². The molecule has 2 aliphatic rings. The lowest BCUT2D eigenvalue weighted by atomic mass is 10.1. The standard InChI is InChI=1S/C21H27F3N6O2/c1-3-14-12-30(11-13(2)32-14)19-9-17(27-20(28-19)29-4-6-31-7-5-29)15-10-26-18(25)8-16(15)21(22,23)24/h8-10,13-14H,3-7,11-12H2,1-2H3,(H2,25,26)/t13-,14+/m1/s1. The first-order chi connectivity index (χ1) is 15.2. The van der Waals surface area contributed by atoms with Crippen molar-refractivity contribution < 1.29 is 22.6 Å². The second-order valence-corrected chi connectivity index (χ2v) is 8.05. The highest BCUT2D eigenvalue weighted by molar-refractivity contribution is 5.69. The molecule has 4 heterocycles. The molecule has 0 amide bonds. The second kappa shape index (κ2) is 9.07. The number of morpholine rings is 2. The van der Waals surface area contributed by atoms with Crippen molar-refractivity contribution in [3.63, 3.8) is 0 Å². The number of nitrogens with two attached hydrogens (primary N) is 1. The fraction of sp³-hybridized carbons (Fsp3) is 0.571. The summed E-state index contributed by atoms with van der Waals surface area (Å²) >= 11 is 0. The highest BCUT2D eigenvalue weighted by atomic mass is 19.4. The van der Waals surface area contributed by atoms with Crippen LogP contribution in [0, 0.1) is 0 Å². The molecule has 0 saturated carbocycles. The Hall–Kier alpha value is -2.66. The lowest BCUT2D eigenvalue weighted by molar-refractivity contribution is -0.137. The lowest BCUT2D eigenvalue weighted by Gasteiger charge is -2.38. The average molecular weight is 452 g/mol. The number of ether oxygens (including phenoxy) is 2. The van der Waals surface area contributed by atoms with E-state index in [1.807, 2.05) is 18.7 Å². The molecule has 174 valence electrons. The van der Waals surface area contributed by atoms with E-state index in [0.29, 0.717) is 51.2 Å². The molecule has 0 unspecified atom stereocenters. The number of hydrogen-bond donors (Lipinski definition) is 1. The summed E-state index contributed by atoms with van der Waals surface area (Å²) < 4.78 is 52.7. The van der Waals surface area contributed by atoms with Crippen molar-refractivity contribution in [1.82, 2.24) is 15.0 Å². The highest BCUT2D eigenvalue weighted by Crippen LogP contribution is 2.38. The van der Waals surface area contributed by atoms with Crippen molar-refractivity contribution in [2.75, 3.05) is 54.9 Å². The molecule has 4 rings (SSSR count). The van der Waals surface area contributed by atoms with Gasteiger partial charge < -0.3 is 25.0 Å². The van der Waals surface area contributed by atoms with Crippen LogP contribution in [0.1, 0.15) is 25.8 Å². The maximum atomic E-state index is 13.8. The van der Waals surface area contributed by atoms with E-state index in [1.165, 1.54) is 0 Å². The van der Waals surface area contributed by atoms with Crippen LogP contribution >= 0.6 is 0 Å². The largest absolute Gasteiger partial charge is 0.417 e. The minimum atomic E-state index is -4.60. The van der Waals surface area contributed by atoms with Crippen LogP contribution in [0.3, 0.4) is 0 Å². The van der Waals surface area contributed by atoms with Crippen molar-refractivity contribution >= 4 is 17.6 Å². The number of hydrogen-bond acceptors (Lipinski definition) is 8. The summed E-state index contributed by atoms with van der Waals surface area (Å²) in [4.78, 5) is 17.1. The van der Waals surface area contributed by atoms with Crippen molar-refractivity contribution in [3.05, 3.63) is 23.9 Å². The Kier molecular flexibility index (Phi) is 6.38. The number of halogens is 3. The maximum Gasteiger partial charge on any atom is 0.417 e. The van der Waals surface area contributed by atoms with Crippen molar-refractivity contribution in [3.8, 4) is 11.3 Å². The zero-order valence-corrected chi connectivity index (χ0v) is 18.1. The van der Waals surface area contributed by atoms with Gasteiger partial charge >= 0.3 is 6.18 Å². The topological polar surface area (TPSA) is 89.6 Å². The Bertz CT molecular complexity index is 952. The predicted molar refractivity (Wildman–Crippen MR) is 115 cm³/mol. The molecular formula is C21H27F3N6O2. The molecule has 0 aliphatic carbocycles. The van der Waals surface area contributed by atoms with Crippen LogP contribution < -0.4 is 15.5 Å². The van der Waals surface area contributed by atoms with Crippen molar-refractivity contribution in [1.29, 1.82) is 0 Å². The van der Waals surface area contributed by atoms with Crippen LogP contribution in [-0.4, -0.2) is 66.6 Å². The summed E-state index contributed by atoms with van der Waals surface area (Å²) in [6.07, 6.45) is -2.65. The van der Waals surface area contributed by atoms with Gasteiger partial charge in [-0.15, -0.1) is 0 Å². The number of anilines is 3. The van der Waals surface area contributed by atoms with E-state index in [1.54, 1.807) is 6.07 Å². The molecule has 2 saturated heterocycles. The molecule has 0 radical (unpaired) electrons. The lowest BCUT2D eigenvalue weighted by Crippen LogP contribution is -2.47. The summed E-state index contributed by atoms with van der Waals surface area (Å²) in [5.41, 5.74) is 4.71. The predicted octanol–water partition coefficient (Wildman–Crippen LogP) is 2.98. The first-order valence-electron chi connectivity index (χ1n) is 10.7. The van der Waals surface area contributed by atoms with Gasteiger partial charge in [0, 0.05) is 44.0 Å². The normalized spacial score (nSPS) is 22.3. The van der Waals surface area contributed by atoms with Crippen LogP contribution in [0.2, 0.25) is 0 Å². The third kappa shape index (κ3) is 4.88. The molecular weight excluding hydrogens is 425 g/mol. The molecule has 2 aromatic heterocycles. The minimum absolute atomic E-state index is 0.0212. The highest BCUT2D eigenvalue weighted by Gasteiger charge is 2.35. The Morgan fingerprint density at radius 1 is 1.12 bits per heavy atom. The van der Waals surface area contributed by atoms with E-state index >= 15 is 0 Å².